The number of benzene rings is 2. The second kappa shape index (κ2) is 4.65. The van der Waals surface area contributed by atoms with Crippen LogP contribution in [0, 0.1) is 5.82 Å². The van der Waals surface area contributed by atoms with Crippen LogP contribution >= 0.6 is 0 Å². The lowest BCUT2D eigenvalue weighted by atomic mass is 9.91. The zero-order chi connectivity index (χ0) is 15.2. The molecule has 1 aliphatic heterocycles. The monoisotopic (exact) mass is 287 g/mol. The van der Waals surface area contributed by atoms with Crippen LogP contribution in [0.5, 0.6) is 0 Å². The van der Waals surface area contributed by atoms with Gasteiger partial charge in [0.2, 0.25) is 0 Å². The van der Waals surface area contributed by atoms with Crippen LogP contribution in [0.25, 0.3) is 0 Å². The molecule has 0 aromatic heterocycles. The Bertz CT molecular complexity index is 701. The minimum Gasteiger partial charge on any atom is -0.383 e. The molecule has 4 nitrogen and oxygen atoms in total. The van der Waals surface area contributed by atoms with Crippen LogP contribution in [-0.2, 0) is 5.72 Å². The molecule has 108 valence electrons. The second-order valence-corrected chi connectivity index (χ2v) is 5.09. The number of carbonyl (C=O) groups is 1. The molecular weight excluding hydrogens is 273 g/mol. The number of nitrogens with zero attached hydrogens (tertiary/aromatic N) is 1. The Morgan fingerprint density at radius 3 is 2.43 bits per heavy atom. The van der Waals surface area contributed by atoms with E-state index in [1.54, 1.807) is 24.3 Å². The lowest BCUT2D eigenvalue weighted by Crippen LogP contribution is -2.45. The van der Waals surface area contributed by atoms with Crippen LogP contribution < -0.4 is 0 Å². The molecule has 0 aliphatic carbocycles. The summed E-state index contributed by atoms with van der Waals surface area (Å²) in [5.41, 5.74) is -0.848. The summed E-state index contributed by atoms with van der Waals surface area (Å²) >= 11 is 0. The van der Waals surface area contributed by atoms with Crippen molar-refractivity contribution in [3.63, 3.8) is 0 Å². The van der Waals surface area contributed by atoms with E-state index in [2.05, 4.69) is 0 Å². The number of aliphatic hydroxyl groups excluding tert-OH is 1. The first-order chi connectivity index (χ1) is 9.96. The van der Waals surface area contributed by atoms with E-state index in [1.165, 1.54) is 31.3 Å². The van der Waals surface area contributed by atoms with Gasteiger partial charge in [-0.1, -0.05) is 30.3 Å². The number of fused-ring (bicyclic) bond motifs is 1. The molecule has 1 amide bonds. The van der Waals surface area contributed by atoms with E-state index in [0.29, 0.717) is 16.7 Å². The van der Waals surface area contributed by atoms with Gasteiger partial charge in [0.05, 0.1) is 0 Å². The molecule has 0 spiro atoms. The summed E-state index contributed by atoms with van der Waals surface area (Å²) in [6.07, 6.45) is -1.38. The molecule has 0 saturated carbocycles. The minimum absolute atomic E-state index is 0.329. The quantitative estimate of drug-likeness (QED) is 0.885. The Labute approximate surface area is 121 Å². The number of halogens is 1. The highest BCUT2D eigenvalue weighted by Crippen LogP contribution is 2.44. The molecular formula is C16H14FNO3. The third-order valence-corrected chi connectivity index (χ3v) is 3.94. The van der Waals surface area contributed by atoms with Crippen molar-refractivity contribution in [1.82, 2.24) is 4.90 Å². The Balaban J connectivity index is 2.11. The van der Waals surface area contributed by atoms with Crippen molar-refractivity contribution in [3.05, 3.63) is 71.0 Å². The van der Waals surface area contributed by atoms with Crippen molar-refractivity contribution in [2.45, 2.75) is 11.8 Å². The predicted octanol–water partition coefficient (Wildman–Crippen LogP) is 1.79. The Morgan fingerprint density at radius 2 is 1.76 bits per heavy atom. The van der Waals surface area contributed by atoms with E-state index >= 15 is 0 Å². The molecule has 3 rings (SSSR count). The molecule has 0 fully saturated rings. The Morgan fingerprint density at radius 1 is 1.14 bits per heavy atom. The molecule has 2 aromatic carbocycles. The largest absolute Gasteiger partial charge is 0.383 e. The Kier molecular flexibility index (Phi) is 3.04. The number of carbonyl (C=O) groups excluding carboxylic acids is 1. The van der Waals surface area contributed by atoms with E-state index in [9.17, 15) is 19.4 Å². The third kappa shape index (κ3) is 1.86. The summed E-state index contributed by atoms with van der Waals surface area (Å²) < 4.78 is 13.0. The highest BCUT2D eigenvalue weighted by atomic mass is 19.1. The van der Waals surface area contributed by atoms with Gasteiger partial charge in [-0.25, -0.2) is 4.39 Å². The fourth-order valence-electron chi connectivity index (χ4n) is 2.71. The highest BCUT2D eigenvalue weighted by molar-refractivity contribution is 5.99. The van der Waals surface area contributed by atoms with Gasteiger partial charge in [-0.05, 0) is 23.8 Å². The van der Waals surface area contributed by atoms with E-state index in [4.69, 9.17) is 0 Å². The van der Waals surface area contributed by atoms with Crippen molar-refractivity contribution >= 4 is 5.91 Å². The van der Waals surface area contributed by atoms with Gasteiger partial charge in [-0.15, -0.1) is 0 Å². The summed E-state index contributed by atoms with van der Waals surface area (Å²) in [5, 5.41) is 21.5. The predicted molar refractivity (Wildman–Crippen MR) is 73.8 cm³/mol. The number of hydrogen-bond donors (Lipinski definition) is 2. The average Bonchev–Trinajstić information content (AvgIpc) is 2.71. The van der Waals surface area contributed by atoms with Crippen LogP contribution in [-0.4, -0.2) is 28.1 Å². The van der Waals surface area contributed by atoms with Gasteiger partial charge in [0, 0.05) is 18.2 Å². The van der Waals surface area contributed by atoms with Crippen LogP contribution in [0.1, 0.15) is 27.6 Å². The lowest BCUT2D eigenvalue weighted by Gasteiger charge is -2.36. The first-order valence-corrected chi connectivity index (χ1v) is 6.50. The first kappa shape index (κ1) is 13.7. The fraction of sp³-hybridized carbons (Fsp3) is 0.188. The second-order valence-electron chi connectivity index (χ2n) is 5.09. The number of likely N-dealkylation sites (N-methyl/N-ethyl adjacent to an activating group) is 1. The van der Waals surface area contributed by atoms with Gasteiger partial charge < -0.3 is 15.1 Å². The van der Waals surface area contributed by atoms with E-state index in [0.717, 1.165) is 4.90 Å². The maximum atomic E-state index is 13.0. The van der Waals surface area contributed by atoms with Gasteiger partial charge >= 0.3 is 0 Å². The normalized spacial score (nSPS) is 22.3. The van der Waals surface area contributed by atoms with Crippen molar-refractivity contribution < 1.29 is 19.4 Å². The zero-order valence-electron chi connectivity index (χ0n) is 11.3. The van der Waals surface area contributed by atoms with Crippen molar-refractivity contribution in [3.8, 4) is 0 Å². The first-order valence-electron chi connectivity index (χ1n) is 6.50. The topological polar surface area (TPSA) is 60.8 Å². The van der Waals surface area contributed by atoms with Crippen LogP contribution in [0.2, 0.25) is 0 Å². The maximum Gasteiger partial charge on any atom is 0.256 e. The van der Waals surface area contributed by atoms with E-state index in [1.807, 2.05) is 0 Å². The summed E-state index contributed by atoms with van der Waals surface area (Å²) in [6, 6.07) is 11.8. The molecule has 21 heavy (non-hydrogen) atoms. The van der Waals surface area contributed by atoms with Crippen LogP contribution in [0.4, 0.5) is 4.39 Å². The Hall–Kier alpha value is -2.24. The molecule has 2 N–H and O–H groups in total. The van der Waals surface area contributed by atoms with Gasteiger partial charge in [-0.2, -0.15) is 0 Å². The number of hydrogen-bond acceptors (Lipinski definition) is 3. The molecule has 1 heterocycles. The highest BCUT2D eigenvalue weighted by Gasteiger charge is 2.51. The molecule has 0 unspecified atom stereocenters. The average molecular weight is 287 g/mol. The zero-order valence-corrected chi connectivity index (χ0v) is 11.3. The molecule has 1 aliphatic rings. The van der Waals surface area contributed by atoms with Gasteiger partial charge in [0.1, 0.15) is 11.9 Å². The van der Waals surface area contributed by atoms with Crippen molar-refractivity contribution in [2.75, 3.05) is 7.05 Å². The SMILES string of the molecule is CN1C(=O)c2ccccc2[C@]1(O)[C@H](O)c1ccc(F)cc1. The minimum atomic E-state index is -1.87. The van der Waals surface area contributed by atoms with Gasteiger partial charge in [0.25, 0.3) is 5.91 Å². The number of amides is 1. The standard InChI is InChI=1S/C16H14FNO3/c1-18-15(20)12-4-2-3-5-13(12)16(18,21)14(19)10-6-8-11(17)9-7-10/h2-9,14,19,21H,1H3/t14-,16+/m1/s1. The van der Waals surface area contributed by atoms with Gasteiger partial charge in [0.15, 0.2) is 5.72 Å². The summed E-state index contributed by atoms with van der Waals surface area (Å²) in [4.78, 5) is 13.3. The molecule has 2 aromatic rings. The van der Waals surface area contributed by atoms with Crippen molar-refractivity contribution in [1.29, 1.82) is 0 Å². The van der Waals surface area contributed by atoms with Crippen LogP contribution in [0.3, 0.4) is 0 Å². The van der Waals surface area contributed by atoms with Crippen LogP contribution in [0.15, 0.2) is 48.5 Å². The smallest absolute Gasteiger partial charge is 0.256 e. The molecule has 0 radical (unpaired) electrons. The molecule has 0 bridgehead atoms. The van der Waals surface area contributed by atoms with E-state index < -0.39 is 17.6 Å². The fourth-order valence-corrected chi connectivity index (χ4v) is 2.71. The summed E-state index contributed by atoms with van der Waals surface area (Å²) in [5.74, 6) is -0.802. The molecule has 0 saturated heterocycles. The third-order valence-electron chi connectivity index (χ3n) is 3.94. The maximum absolute atomic E-state index is 13.0. The lowest BCUT2D eigenvalue weighted by molar-refractivity contribution is -0.156. The summed E-state index contributed by atoms with van der Waals surface area (Å²) in [7, 11) is 1.43. The summed E-state index contributed by atoms with van der Waals surface area (Å²) in [6.45, 7) is 0. The van der Waals surface area contributed by atoms with Crippen molar-refractivity contribution in [2.24, 2.45) is 0 Å². The van der Waals surface area contributed by atoms with Gasteiger partial charge in [-0.3, -0.25) is 4.79 Å². The molecule has 5 heteroatoms. The number of aliphatic hydroxyl groups is 2. The molecule has 2 atom stereocenters. The van der Waals surface area contributed by atoms with E-state index in [-0.39, 0.29) is 5.91 Å². The number of rotatable bonds is 2.